The Labute approximate surface area is 203 Å². The van der Waals surface area contributed by atoms with Crippen LogP contribution in [0.5, 0.6) is 0 Å². The minimum Gasteiger partial charge on any atom is -0.459 e. The third-order valence-electron chi connectivity index (χ3n) is 4.88. The SMILES string of the molecule is O=C(Nc1ccc(CNC(=O)c2cc([N+](=O)[O-])ccc2Sc2ccccc2F)cc1)c1ccco1. The molecule has 4 aromatic rings. The van der Waals surface area contributed by atoms with Crippen molar-refractivity contribution in [1.82, 2.24) is 5.32 Å². The second-order valence-corrected chi connectivity index (χ2v) is 8.36. The van der Waals surface area contributed by atoms with Crippen molar-refractivity contribution >= 4 is 35.0 Å². The summed E-state index contributed by atoms with van der Waals surface area (Å²) in [5.41, 5.74) is 1.10. The Kier molecular flexibility index (Phi) is 7.22. The zero-order valence-corrected chi connectivity index (χ0v) is 18.9. The van der Waals surface area contributed by atoms with E-state index in [1.54, 1.807) is 54.6 Å². The van der Waals surface area contributed by atoms with Gasteiger partial charge in [0.15, 0.2) is 5.76 Å². The van der Waals surface area contributed by atoms with Crippen molar-refractivity contribution in [3.63, 3.8) is 0 Å². The summed E-state index contributed by atoms with van der Waals surface area (Å²) in [4.78, 5) is 36.3. The minimum absolute atomic E-state index is 0.0646. The molecule has 0 aliphatic rings. The van der Waals surface area contributed by atoms with Crippen molar-refractivity contribution in [1.29, 1.82) is 0 Å². The fourth-order valence-electron chi connectivity index (χ4n) is 3.13. The fraction of sp³-hybridized carbons (Fsp3) is 0.0400. The highest BCUT2D eigenvalue weighted by Gasteiger charge is 2.18. The van der Waals surface area contributed by atoms with Gasteiger partial charge in [-0.2, -0.15) is 0 Å². The fourth-order valence-corrected chi connectivity index (χ4v) is 4.07. The van der Waals surface area contributed by atoms with E-state index in [4.69, 9.17) is 4.42 Å². The molecule has 0 aliphatic heterocycles. The molecule has 0 saturated carbocycles. The maximum absolute atomic E-state index is 14.1. The summed E-state index contributed by atoms with van der Waals surface area (Å²) in [6.07, 6.45) is 1.41. The monoisotopic (exact) mass is 491 g/mol. The van der Waals surface area contributed by atoms with Crippen LogP contribution in [0.3, 0.4) is 0 Å². The Bertz CT molecular complexity index is 1370. The number of rotatable bonds is 8. The van der Waals surface area contributed by atoms with Crippen molar-refractivity contribution < 1.29 is 23.3 Å². The number of nitrogens with zero attached hydrogens (tertiary/aromatic N) is 1. The van der Waals surface area contributed by atoms with E-state index in [1.807, 2.05) is 0 Å². The summed E-state index contributed by atoms with van der Waals surface area (Å²) in [6.45, 7) is 0.137. The number of amides is 2. The molecule has 1 aromatic heterocycles. The van der Waals surface area contributed by atoms with Crippen LogP contribution in [0.4, 0.5) is 15.8 Å². The predicted molar refractivity (Wildman–Crippen MR) is 128 cm³/mol. The molecule has 0 unspecified atom stereocenters. The average Bonchev–Trinajstić information content (AvgIpc) is 3.40. The van der Waals surface area contributed by atoms with Crippen LogP contribution >= 0.6 is 11.8 Å². The second-order valence-electron chi connectivity index (χ2n) is 7.28. The van der Waals surface area contributed by atoms with Crippen LogP contribution < -0.4 is 10.6 Å². The molecule has 4 rings (SSSR count). The van der Waals surface area contributed by atoms with Gasteiger partial charge in [0.25, 0.3) is 17.5 Å². The van der Waals surface area contributed by atoms with Gasteiger partial charge >= 0.3 is 0 Å². The second kappa shape index (κ2) is 10.7. The van der Waals surface area contributed by atoms with Gasteiger partial charge in [-0.05, 0) is 48.0 Å². The first-order chi connectivity index (χ1) is 16.9. The highest BCUT2D eigenvalue weighted by molar-refractivity contribution is 7.99. The van der Waals surface area contributed by atoms with E-state index in [-0.39, 0.29) is 29.5 Å². The van der Waals surface area contributed by atoms with Gasteiger partial charge in [-0.15, -0.1) is 0 Å². The molecule has 176 valence electrons. The molecule has 10 heteroatoms. The number of benzene rings is 3. The van der Waals surface area contributed by atoms with Gasteiger partial charge in [-0.25, -0.2) is 4.39 Å². The molecular formula is C25H18FN3O5S. The van der Waals surface area contributed by atoms with Gasteiger partial charge < -0.3 is 15.1 Å². The molecule has 0 atom stereocenters. The Morgan fingerprint density at radius 3 is 2.40 bits per heavy atom. The number of hydrogen-bond donors (Lipinski definition) is 2. The van der Waals surface area contributed by atoms with Crippen LogP contribution in [-0.2, 0) is 6.54 Å². The summed E-state index contributed by atoms with van der Waals surface area (Å²) < 4.78 is 19.2. The van der Waals surface area contributed by atoms with E-state index in [1.165, 1.54) is 30.5 Å². The number of hydrogen-bond acceptors (Lipinski definition) is 6. The van der Waals surface area contributed by atoms with Crippen LogP contribution in [0.2, 0.25) is 0 Å². The third-order valence-corrected chi connectivity index (χ3v) is 6.01. The standard InChI is InChI=1S/C25H18FN3O5S/c26-20-4-1-2-6-23(20)35-22-12-11-18(29(32)33)14-19(22)24(30)27-15-16-7-9-17(10-8-16)28-25(31)21-5-3-13-34-21/h1-14H,15H2,(H,27,30)(H,28,31). The number of carbonyl (C=O) groups excluding carboxylic acids is 2. The van der Waals surface area contributed by atoms with Crippen LogP contribution in [0.15, 0.2) is 99.3 Å². The molecule has 0 bridgehead atoms. The number of carbonyl (C=O) groups is 2. The van der Waals surface area contributed by atoms with Gasteiger partial charge in [-0.1, -0.05) is 36.0 Å². The Morgan fingerprint density at radius 1 is 0.943 bits per heavy atom. The first-order valence-corrected chi connectivity index (χ1v) is 11.1. The Morgan fingerprint density at radius 2 is 1.71 bits per heavy atom. The lowest BCUT2D eigenvalue weighted by Gasteiger charge is -2.11. The van der Waals surface area contributed by atoms with Crippen LogP contribution in [0.25, 0.3) is 0 Å². The first-order valence-electron chi connectivity index (χ1n) is 10.3. The molecule has 1 heterocycles. The quantitative estimate of drug-likeness (QED) is 0.243. The normalized spacial score (nSPS) is 10.5. The number of non-ortho nitro benzene ring substituents is 1. The zero-order chi connectivity index (χ0) is 24.8. The summed E-state index contributed by atoms with van der Waals surface area (Å²) in [6, 6.07) is 19.9. The highest BCUT2D eigenvalue weighted by atomic mass is 32.2. The van der Waals surface area contributed by atoms with Crippen molar-refractivity contribution in [3.05, 3.63) is 118 Å². The molecule has 0 spiro atoms. The molecule has 0 radical (unpaired) electrons. The number of nitro groups is 1. The van der Waals surface area contributed by atoms with E-state index >= 15 is 0 Å². The van der Waals surface area contributed by atoms with E-state index in [0.717, 1.165) is 17.3 Å². The number of halogens is 1. The van der Waals surface area contributed by atoms with Crippen LogP contribution in [0.1, 0.15) is 26.5 Å². The largest absolute Gasteiger partial charge is 0.459 e. The summed E-state index contributed by atoms with van der Waals surface area (Å²) >= 11 is 1.01. The zero-order valence-electron chi connectivity index (χ0n) is 18.1. The van der Waals surface area contributed by atoms with Crippen LogP contribution in [-0.4, -0.2) is 16.7 Å². The average molecular weight is 492 g/mol. The van der Waals surface area contributed by atoms with Gasteiger partial charge in [0.2, 0.25) is 0 Å². The lowest BCUT2D eigenvalue weighted by Crippen LogP contribution is -2.23. The molecular weight excluding hydrogens is 473 g/mol. The van der Waals surface area contributed by atoms with Gasteiger partial charge in [0.05, 0.1) is 16.7 Å². The lowest BCUT2D eigenvalue weighted by atomic mass is 10.1. The molecule has 2 amide bonds. The number of nitrogens with one attached hydrogen (secondary N) is 2. The first kappa shape index (κ1) is 23.7. The Balaban J connectivity index is 1.46. The third kappa shape index (κ3) is 5.92. The summed E-state index contributed by atoms with van der Waals surface area (Å²) in [5.74, 6) is -1.20. The van der Waals surface area contributed by atoms with Crippen molar-refractivity contribution in [2.75, 3.05) is 5.32 Å². The van der Waals surface area contributed by atoms with Crippen molar-refractivity contribution in [2.24, 2.45) is 0 Å². The summed E-state index contributed by atoms with van der Waals surface area (Å²) in [7, 11) is 0. The summed E-state index contributed by atoms with van der Waals surface area (Å²) in [5, 5.41) is 16.7. The predicted octanol–water partition coefficient (Wildman–Crippen LogP) is 5.66. The van der Waals surface area contributed by atoms with Gasteiger partial charge in [0, 0.05) is 34.2 Å². The minimum atomic E-state index is -0.593. The van der Waals surface area contributed by atoms with Crippen molar-refractivity contribution in [2.45, 2.75) is 16.3 Å². The number of nitro benzene ring substituents is 1. The number of anilines is 1. The molecule has 2 N–H and O–H groups in total. The van der Waals surface area contributed by atoms with E-state index in [9.17, 15) is 24.1 Å². The highest BCUT2D eigenvalue weighted by Crippen LogP contribution is 2.34. The van der Waals surface area contributed by atoms with Gasteiger partial charge in [0.1, 0.15) is 5.82 Å². The molecule has 0 fully saturated rings. The van der Waals surface area contributed by atoms with E-state index < -0.39 is 16.6 Å². The number of furan rings is 1. The van der Waals surface area contributed by atoms with Gasteiger partial charge in [-0.3, -0.25) is 19.7 Å². The molecule has 0 saturated heterocycles. The molecule has 35 heavy (non-hydrogen) atoms. The van der Waals surface area contributed by atoms with Crippen molar-refractivity contribution in [3.8, 4) is 0 Å². The van der Waals surface area contributed by atoms with E-state index in [0.29, 0.717) is 15.5 Å². The van der Waals surface area contributed by atoms with Crippen LogP contribution in [0, 0.1) is 15.9 Å². The molecule has 3 aromatic carbocycles. The molecule has 8 nitrogen and oxygen atoms in total. The smallest absolute Gasteiger partial charge is 0.291 e. The Hall–Kier alpha value is -4.44. The maximum Gasteiger partial charge on any atom is 0.291 e. The van der Waals surface area contributed by atoms with E-state index in [2.05, 4.69) is 10.6 Å². The molecule has 0 aliphatic carbocycles. The topological polar surface area (TPSA) is 114 Å². The maximum atomic E-state index is 14.1. The lowest BCUT2D eigenvalue weighted by molar-refractivity contribution is -0.384.